The molecule has 0 saturated heterocycles. The molecular formula is C19H39NO2. The fourth-order valence-corrected chi connectivity index (χ4v) is 2.19. The number of rotatable bonds is 14. The second kappa shape index (κ2) is 22.5. The van der Waals surface area contributed by atoms with Crippen molar-refractivity contribution in [2.45, 2.75) is 90.9 Å². The van der Waals surface area contributed by atoms with Crippen molar-refractivity contribution in [3.8, 4) is 0 Å². The van der Waals surface area contributed by atoms with Crippen molar-refractivity contribution >= 4 is 5.97 Å². The second-order valence-electron chi connectivity index (χ2n) is 5.63. The zero-order valence-corrected chi connectivity index (χ0v) is 15.1. The van der Waals surface area contributed by atoms with Crippen LogP contribution >= 0.6 is 0 Å². The smallest absolute Gasteiger partial charge is 0.330 e. The Morgan fingerprint density at radius 3 is 1.55 bits per heavy atom. The molecule has 0 aliphatic carbocycles. The van der Waals surface area contributed by atoms with Gasteiger partial charge in [-0.2, -0.15) is 0 Å². The molecule has 0 bridgehead atoms. The Hall–Kier alpha value is -0.830. The van der Waals surface area contributed by atoms with Gasteiger partial charge in [0.05, 0.1) is 6.61 Å². The molecule has 0 aliphatic rings. The van der Waals surface area contributed by atoms with Crippen LogP contribution in [-0.4, -0.2) is 19.1 Å². The third-order valence-corrected chi connectivity index (χ3v) is 3.51. The highest BCUT2D eigenvalue weighted by molar-refractivity contribution is 5.81. The maximum atomic E-state index is 10.1. The van der Waals surface area contributed by atoms with E-state index < -0.39 is 0 Å². The van der Waals surface area contributed by atoms with Gasteiger partial charge in [0.15, 0.2) is 0 Å². The lowest BCUT2D eigenvalue weighted by atomic mass is 10.1. The maximum absolute atomic E-state index is 10.1. The van der Waals surface area contributed by atoms with Gasteiger partial charge in [-0.15, -0.1) is 0 Å². The summed E-state index contributed by atoms with van der Waals surface area (Å²) in [4.78, 5) is 10.1. The summed E-state index contributed by atoms with van der Waals surface area (Å²) in [5, 5.41) is 0. The van der Waals surface area contributed by atoms with Crippen molar-refractivity contribution in [1.29, 1.82) is 0 Å². The van der Waals surface area contributed by atoms with Crippen LogP contribution in [-0.2, 0) is 9.53 Å². The van der Waals surface area contributed by atoms with E-state index in [0.717, 1.165) is 12.6 Å². The molecule has 0 unspecified atom stereocenters. The van der Waals surface area contributed by atoms with Crippen LogP contribution in [0.5, 0.6) is 0 Å². The van der Waals surface area contributed by atoms with Crippen molar-refractivity contribution in [2.75, 3.05) is 13.2 Å². The summed E-state index contributed by atoms with van der Waals surface area (Å²) in [7, 11) is 0. The number of carbonyl (C=O) groups is 1. The minimum absolute atomic E-state index is 0.359. The minimum atomic E-state index is -0.359. The molecule has 3 heteroatoms. The van der Waals surface area contributed by atoms with Crippen LogP contribution in [0.25, 0.3) is 0 Å². The molecule has 0 rings (SSSR count). The van der Waals surface area contributed by atoms with E-state index in [4.69, 9.17) is 5.73 Å². The molecule has 0 aliphatic heterocycles. The molecular weight excluding hydrogens is 274 g/mol. The van der Waals surface area contributed by atoms with Crippen molar-refractivity contribution in [1.82, 2.24) is 0 Å². The van der Waals surface area contributed by atoms with E-state index in [1.807, 2.05) is 0 Å². The Kier molecular flexibility index (Phi) is 23.9. The summed E-state index contributed by atoms with van der Waals surface area (Å²) in [5.74, 6) is -0.359. The Morgan fingerprint density at radius 2 is 1.27 bits per heavy atom. The third kappa shape index (κ3) is 24.2. The largest absolute Gasteiger partial charge is 0.463 e. The molecule has 0 heterocycles. The van der Waals surface area contributed by atoms with Gasteiger partial charge in [-0.1, -0.05) is 84.1 Å². The lowest BCUT2D eigenvalue weighted by Gasteiger charge is -2.01. The van der Waals surface area contributed by atoms with E-state index in [-0.39, 0.29) is 5.97 Å². The van der Waals surface area contributed by atoms with Crippen molar-refractivity contribution < 1.29 is 9.53 Å². The zero-order valence-electron chi connectivity index (χ0n) is 15.1. The standard InChI is InChI=1S/C14H31N.C5H8O2/c1-2-3-4-5-6-7-8-9-10-11-12-13-14-15;1-3-5(6)7-4-2/h2-15H2,1H3;3H,1,4H2,2H3. The number of hydrogen-bond donors (Lipinski definition) is 1. The highest BCUT2D eigenvalue weighted by atomic mass is 16.5. The molecule has 0 fully saturated rings. The van der Waals surface area contributed by atoms with Crippen LogP contribution < -0.4 is 5.73 Å². The summed E-state index contributed by atoms with van der Waals surface area (Å²) in [6.07, 6.45) is 18.0. The minimum Gasteiger partial charge on any atom is -0.463 e. The monoisotopic (exact) mass is 313 g/mol. The topological polar surface area (TPSA) is 52.3 Å². The van der Waals surface area contributed by atoms with Crippen molar-refractivity contribution in [2.24, 2.45) is 5.73 Å². The Morgan fingerprint density at radius 1 is 0.864 bits per heavy atom. The summed E-state index contributed by atoms with van der Waals surface area (Å²) in [6.45, 7) is 8.53. The van der Waals surface area contributed by atoms with Gasteiger partial charge in [0, 0.05) is 6.08 Å². The predicted molar refractivity (Wildman–Crippen MR) is 97.0 cm³/mol. The average Bonchev–Trinajstić information content (AvgIpc) is 2.53. The molecule has 0 aromatic heterocycles. The molecule has 0 radical (unpaired) electrons. The van der Waals surface area contributed by atoms with Gasteiger partial charge in [-0.25, -0.2) is 4.79 Å². The lowest BCUT2D eigenvalue weighted by molar-refractivity contribution is -0.137. The van der Waals surface area contributed by atoms with E-state index in [1.165, 1.54) is 77.0 Å². The lowest BCUT2D eigenvalue weighted by Crippen LogP contribution is -1.97. The van der Waals surface area contributed by atoms with E-state index in [1.54, 1.807) is 6.92 Å². The summed E-state index contributed by atoms with van der Waals surface area (Å²) < 4.78 is 4.43. The van der Waals surface area contributed by atoms with Crippen LogP contribution in [0.2, 0.25) is 0 Å². The molecule has 0 aromatic carbocycles. The molecule has 2 N–H and O–H groups in total. The fourth-order valence-electron chi connectivity index (χ4n) is 2.19. The molecule has 132 valence electrons. The molecule has 22 heavy (non-hydrogen) atoms. The maximum Gasteiger partial charge on any atom is 0.330 e. The predicted octanol–water partition coefficient (Wildman–Crippen LogP) is 5.38. The second-order valence-corrected chi connectivity index (χ2v) is 5.63. The molecule has 0 aromatic rings. The SMILES string of the molecule is C=CC(=O)OCC.CCCCCCCCCCCCCCN. The molecule has 0 atom stereocenters. The number of hydrogen-bond acceptors (Lipinski definition) is 3. The normalized spacial score (nSPS) is 9.77. The first-order chi connectivity index (χ1) is 10.7. The average molecular weight is 314 g/mol. The van der Waals surface area contributed by atoms with E-state index in [9.17, 15) is 4.79 Å². The van der Waals surface area contributed by atoms with Gasteiger partial charge in [-0.3, -0.25) is 0 Å². The van der Waals surface area contributed by atoms with Gasteiger partial charge in [0.25, 0.3) is 0 Å². The van der Waals surface area contributed by atoms with Crippen LogP contribution in [0, 0.1) is 0 Å². The number of nitrogens with two attached hydrogens (primary N) is 1. The first kappa shape index (κ1) is 23.4. The van der Waals surface area contributed by atoms with Gasteiger partial charge in [-0.05, 0) is 19.9 Å². The molecule has 0 spiro atoms. The van der Waals surface area contributed by atoms with E-state index >= 15 is 0 Å². The Balaban J connectivity index is 0. The third-order valence-electron chi connectivity index (χ3n) is 3.51. The van der Waals surface area contributed by atoms with E-state index in [2.05, 4.69) is 18.2 Å². The number of ether oxygens (including phenoxy) is 1. The van der Waals surface area contributed by atoms with Gasteiger partial charge in [0.1, 0.15) is 0 Å². The summed E-state index contributed by atoms with van der Waals surface area (Å²) in [5.41, 5.74) is 5.45. The van der Waals surface area contributed by atoms with Gasteiger partial charge in [0.2, 0.25) is 0 Å². The van der Waals surface area contributed by atoms with Gasteiger partial charge < -0.3 is 10.5 Å². The highest BCUT2D eigenvalue weighted by Crippen LogP contribution is 2.11. The van der Waals surface area contributed by atoms with Crippen LogP contribution in [0.4, 0.5) is 0 Å². The summed E-state index contributed by atoms with van der Waals surface area (Å²) >= 11 is 0. The molecule has 0 amide bonds. The van der Waals surface area contributed by atoms with Crippen LogP contribution in [0.1, 0.15) is 90.9 Å². The van der Waals surface area contributed by atoms with Crippen molar-refractivity contribution in [3.05, 3.63) is 12.7 Å². The van der Waals surface area contributed by atoms with Gasteiger partial charge >= 0.3 is 5.97 Å². The number of esters is 1. The number of unbranched alkanes of at least 4 members (excludes halogenated alkanes) is 11. The Labute approximate surface area is 138 Å². The zero-order chi connectivity index (χ0) is 16.9. The first-order valence-electron chi connectivity index (χ1n) is 9.22. The quantitative estimate of drug-likeness (QED) is 0.266. The summed E-state index contributed by atoms with van der Waals surface area (Å²) in [6, 6.07) is 0. The van der Waals surface area contributed by atoms with E-state index in [0.29, 0.717) is 6.61 Å². The van der Waals surface area contributed by atoms with Crippen molar-refractivity contribution in [3.63, 3.8) is 0 Å². The molecule has 3 nitrogen and oxygen atoms in total. The highest BCUT2D eigenvalue weighted by Gasteiger charge is 1.92. The first-order valence-corrected chi connectivity index (χ1v) is 9.22. The molecule has 0 saturated carbocycles. The van der Waals surface area contributed by atoms with Crippen LogP contribution in [0.15, 0.2) is 12.7 Å². The van der Waals surface area contributed by atoms with Crippen LogP contribution in [0.3, 0.4) is 0 Å². The number of carbonyl (C=O) groups excluding carboxylic acids is 1. The fraction of sp³-hybridized carbons (Fsp3) is 0.842. The Bertz CT molecular complexity index is 217.